The number of aliphatic hydroxyl groups excluding tert-OH is 1. The van der Waals surface area contributed by atoms with Crippen molar-refractivity contribution < 1.29 is 9.90 Å². The summed E-state index contributed by atoms with van der Waals surface area (Å²) in [7, 11) is 3.86. The maximum absolute atomic E-state index is 12.6. The summed E-state index contributed by atoms with van der Waals surface area (Å²) in [5.74, 6) is -0.229. The van der Waals surface area contributed by atoms with Gasteiger partial charge in [-0.2, -0.15) is 0 Å². The molecule has 1 aromatic heterocycles. The van der Waals surface area contributed by atoms with Crippen LogP contribution in [0.25, 0.3) is 0 Å². The van der Waals surface area contributed by atoms with E-state index in [1.54, 1.807) is 12.3 Å². The number of hydrogen-bond acceptors (Lipinski definition) is 5. The molecule has 132 valence electrons. The molecule has 2 aromatic rings. The Balaban J connectivity index is 1.79. The van der Waals surface area contributed by atoms with Gasteiger partial charge in [-0.25, -0.2) is 0 Å². The number of piperidine rings is 1. The molecule has 1 aromatic carbocycles. The maximum Gasteiger partial charge on any atom is 0.274 e. The average molecular weight is 340 g/mol. The molecule has 0 saturated carbocycles. The molecular formula is C19H24N4O2. The lowest BCUT2D eigenvalue weighted by Gasteiger charge is -2.32. The Labute approximate surface area is 148 Å². The Hall–Kier alpha value is -2.60. The lowest BCUT2D eigenvalue weighted by atomic mass is 10.1. The molecule has 1 saturated heterocycles. The van der Waals surface area contributed by atoms with E-state index >= 15 is 0 Å². The highest BCUT2D eigenvalue weighted by molar-refractivity contribution is 6.05. The molecule has 0 spiro atoms. The number of aliphatic hydroxyl groups is 1. The predicted molar refractivity (Wildman–Crippen MR) is 100 cm³/mol. The predicted octanol–water partition coefficient (Wildman–Crippen LogP) is 2.36. The fourth-order valence-electron chi connectivity index (χ4n) is 2.97. The van der Waals surface area contributed by atoms with Gasteiger partial charge in [0.15, 0.2) is 0 Å². The SMILES string of the molecule is CN(C)c1ccnc(C(=O)Nc2ccccc2N2CCC(O)CC2)c1. The molecule has 3 rings (SSSR count). The molecule has 0 bridgehead atoms. The minimum absolute atomic E-state index is 0.226. The lowest BCUT2D eigenvalue weighted by Crippen LogP contribution is -2.36. The molecule has 0 aliphatic carbocycles. The highest BCUT2D eigenvalue weighted by atomic mass is 16.3. The number of anilines is 3. The van der Waals surface area contributed by atoms with Gasteiger partial charge in [-0.05, 0) is 37.1 Å². The number of nitrogens with one attached hydrogen (secondary N) is 1. The van der Waals surface area contributed by atoms with Crippen LogP contribution in [0.3, 0.4) is 0 Å². The molecule has 0 unspecified atom stereocenters. The maximum atomic E-state index is 12.6. The van der Waals surface area contributed by atoms with Crippen LogP contribution in [-0.4, -0.2) is 49.3 Å². The topological polar surface area (TPSA) is 68.7 Å². The molecule has 1 aliphatic heterocycles. The van der Waals surface area contributed by atoms with Gasteiger partial charge in [0.25, 0.3) is 5.91 Å². The van der Waals surface area contributed by atoms with Crippen molar-refractivity contribution in [2.45, 2.75) is 18.9 Å². The second-order valence-corrected chi connectivity index (χ2v) is 6.48. The molecule has 1 amide bonds. The van der Waals surface area contributed by atoms with E-state index in [1.807, 2.05) is 49.3 Å². The zero-order valence-corrected chi connectivity index (χ0v) is 14.6. The molecule has 6 heteroatoms. The highest BCUT2D eigenvalue weighted by Crippen LogP contribution is 2.28. The Bertz CT molecular complexity index is 740. The van der Waals surface area contributed by atoms with Crippen LogP contribution in [-0.2, 0) is 0 Å². The van der Waals surface area contributed by atoms with Crippen LogP contribution >= 0.6 is 0 Å². The van der Waals surface area contributed by atoms with Crippen molar-refractivity contribution in [3.63, 3.8) is 0 Å². The van der Waals surface area contributed by atoms with Gasteiger partial charge in [-0.1, -0.05) is 12.1 Å². The second-order valence-electron chi connectivity index (χ2n) is 6.48. The number of aromatic nitrogens is 1. The van der Waals surface area contributed by atoms with Gasteiger partial charge in [0.05, 0.1) is 17.5 Å². The zero-order chi connectivity index (χ0) is 17.8. The van der Waals surface area contributed by atoms with Gasteiger partial charge < -0.3 is 20.2 Å². The Morgan fingerprint density at radius 1 is 1.24 bits per heavy atom. The number of nitrogens with zero attached hydrogens (tertiary/aromatic N) is 3. The van der Waals surface area contributed by atoms with E-state index in [0.717, 1.165) is 43.0 Å². The normalized spacial score (nSPS) is 15.1. The first-order valence-electron chi connectivity index (χ1n) is 8.51. The van der Waals surface area contributed by atoms with E-state index in [9.17, 15) is 9.90 Å². The van der Waals surface area contributed by atoms with E-state index in [1.165, 1.54) is 0 Å². The third-order valence-corrected chi connectivity index (χ3v) is 4.45. The fraction of sp³-hybridized carbons (Fsp3) is 0.368. The summed E-state index contributed by atoms with van der Waals surface area (Å²) < 4.78 is 0. The summed E-state index contributed by atoms with van der Waals surface area (Å²) in [6, 6.07) is 11.4. The highest BCUT2D eigenvalue weighted by Gasteiger charge is 2.20. The third kappa shape index (κ3) is 4.09. The number of rotatable bonds is 4. The van der Waals surface area contributed by atoms with Crippen LogP contribution in [0.5, 0.6) is 0 Å². The van der Waals surface area contributed by atoms with E-state index < -0.39 is 0 Å². The van der Waals surface area contributed by atoms with Crippen LogP contribution in [0.1, 0.15) is 23.3 Å². The summed E-state index contributed by atoms with van der Waals surface area (Å²) in [5, 5.41) is 12.7. The van der Waals surface area contributed by atoms with Crippen molar-refractivity contribution in [1.82, 2.24) is 4.98 Å². The summed E-state index contributed by atoms with van der Waals surface area (Å²) >= 11 is 0. The standard InChI is InChI=1S/C19H24N4O2/c1-22(2)14-7-10-20-17(13-14)19(25)21-16-5-3-4-6-18(16)23-11-8-15(24)9-12-23/h3-7,10,13,15,24H,8-9,11-12H2,1-2H3,(H,21,25). The first kappa shape index (κ1) is 17.2. The van der Waals surface area contributed by atoms with Crippen LogP contribution in [0.4, 0.5) is 17.1 Å². The smallest absolute Gasteiger partial charge is 0.274 e. The van der Waals surface area contributed by atoms with E-state index in [0.29, 0.717) is 5.69 Å². The van der Waals surface area contributed by atoms with Gasteiger partial charge in [0.1, 0.15) is 5.69 Å². The molecule has 1 aliphatic rings. The van der Waals surface area contributed by atoms with Crippen LogP contribution in [0.2, 0.25) is 0 Å². The van der Waals surface area contributed by atoms with Gasteiger partial charge in [0, 0.05) is 39.1 Å². The lowest BCUT2D eigenvalue weighted by molar-refractivity contribution is 0.102. The van der Waals surface area contributed by atoms with Crippen molar-refractivity contribution in [2.75, 3.05) is 42.3 Å². The zero-order valence-electron chi connectivity index (χ0n) is 14.6. The number of carbonyl (C=O) groups excluding carboxylic acids is 1. The largest absolute Gasteiger partial charge is 0.393 e. The second kappa shape index (κ2) is 7.53. The number of hydrogen-bond donors (Lipinski definition) is 2. The minimum atomic E-state index is -0.229. The van der Waals surface area contributed by atoms with Crippen LogP contribution < -0.4 is 15.1 Å². The molecule has 0 radical (unpaired) electrons. The van der Waals surface area contributed by atoms with Crippen LogP contribution in [0.15, 0.2) is 42.6 Å². The number of benzene rings is 1. The summed E-state index contributed by atoms with van der Waals surface area (Å²) in [6.45, 7) is 1.56. The summed E-state index contributed by atoms with van der Waals surface area (Å²) in [5.41, 5.74) is 3.06. The minimum Gasteiger partial charge on any atom is -0.393 e. The van der Waals surface area contributed by atoms with Gasteiger partial charge in [-0.3, -0.25) is 9.78 Å². The molecule has 0 atom stereocenters. The Morgan fingerprint density at radius 3 is 2.68 bits per heavy atom. The monoisotopic (exact) mass is 340 g/mol. The molecule has 1 fully saturated rings. The Kier molecular flexibility index (Phi) is 5.19. The van der Waals surface area contributed by atoms with Crippen molar-refractivity contribution in [3.05, 3.63) is 48.3 Å². The number of amides is 1. The molecular weight excluding hydrogens is 316 g/mol. The van der Waals surface area contributed by atoms with E-state index in [2.05, 4.69) is 15.2 Å². The first-order valence-corrected chi connectivity index (χ1v) is 8.51. The van der Waals surface area contributed by atoms with Crippen molar-refractivity contribution >= 4 is 23.0 Å². The number of para-hydroxylation sites is 2. The fourth-order valence-corrected chi connectivity index (χ4v) is 2.97. The molecule has 25 heavy (non-hydrogen) atoms. The molecule has 6 nitrogen and oxygen atoms in total. The van der Waals surface area contributed by atoms with Gasteiger partial charge in [-0.15, -0.1) is 0 Å². The number of carbonyl (C=O) groups is 1. The quantitative estimate of drug-likeness (QED) is 0.894. The Morgan fingerprint density at radius 2 is 1.96 bits per heavy atom. The summed E-state index contributed by atoms with van der Waals surface area (Å²) in [6.07, 6.45) is 2.90. The third-order valence-electron chi connectivity index (χ3n) is 4.45. The average Bonchev–Trinajstić information content (AvgIpc) is 2.63. The van der Waals surface area contributed by atoms with E-state index in [-0.39, 0.29) is 12.0 Å². The van der Waals surface area contributed by atoms with Crippen molar-refractivity contribution in [1.29, 1.82) is 0 Å². The summed E-state index contributed by atoms with van der Waals surface area (Å²) in [4.78, 5) is 20.9. The van der Waals surface area contributed by atoms with Crippen molar-refractivity contribution in [3.8, 4) is 0 Å². The number of pyridine rings is 1. The molecule has 2 heterocycles. The van der Waals surface area contributed by atoms with Gasteiger partial charge >= 0.3 is 0 Å². The van der Waals surface area contributed by atoms with Gasteiger partial charge in [0.2, 0.25) is 0 Å². The first-order chi connectivity index (χ1) is 12.0. The van der Waals surface area contributed by atoms with Crippen LogP contribution in [0, 0.1) is 0 Å². The van der Waals surface area contributed by atoms with E-state index in [4.69, 9.17) is 0 Å². The molecule has 2 N–H and O–H groups in total. The van der Waals surface area contributed by atoms with Crippen molar-refractivity contribution in [2.24, 2.45) is 0 Å².